The van der Waals surface area contributed by atoms with Gasteiger partial charge in [-0.3, -0.25) is 9.59 Å². The van der Waals surface area contributed by atoms with Crippen molar-refractivity contribution in [2.24, 2.45) is 5.10 Å². The number of carbonyl (C=O) groups excluding carboxylic acids is 3. The molecule has 2 rings (SSSR count). The maximum absolute atomic E-state index is 12.0. The molecule has 0 aliphatic rings. The quantitative estimate of drug-likeness (QED) is 0.285. The number of ether oxygens (including phenoxy) is 4. The van der Waals surface area contributed by atoms with Crippen molar-refractivity contribution in [1.82, 2.24) is 5.43 Å². The van der Waals surface area contributed by atoms with E-state index < -0.39 is 11.9 Å². The summed E-state index contributed by atoms with van der Waals surface area (Å²) in [6, 6.07) is 11.9. The largest absolute Gasteiger partial charge is 0.497 e. The molecule has 0 aliphatic carbocycles. The van der Waals surface area contributed by atoms with Gasteiger partial charge in [-0.05, 0) is 55.0 Å². The zero-order valence-electron chi connectivity index (χ0n) is 18.8. The molecule has 0 atom stereocenters. The van der Waals surface area contributed by atoms with Gasteiger partial charge in [0.05, 0.1) is 27.0 Å². The number of amides is 2. The molecule has 33 heavy (non-hydrogen) atoms. The summed E-state index contributed by atoms with van der Waals surface area (Å²) < 4.78 is 20.5. The van der Waals surface area contributed by atoms with Gasteiger partial charge in [0.25, 0.3) is 0 Å². The second-order valence-electron chi connectivity index (χ2n) is 6.57. The van der Waals surface area contributed by atoms with Crippen LogP contribution in [0.3, 0.4) is 0 Å². The summed E-state index contributed by atoms with van der Waals surface area (Å²) in [5, 5.41) is 6.61. The van der Waals surface area contributed by atoms with Crippen molar-refractivity contribution in [2.75, 3.05) is 32.8 Å². The van der Waals surface area contributed by atoms with Gasteiger partial charge in [-0.15, -0.1) is 0 Å². The molecule has 10 heteroatoms. The Morgan fingerprint density at radius 1 is 0.939 bits per heavy atom. The van der Waals surface area contributed by atoms with Crippen LogP contribution in [0.4, 0.5) is 5.69 Å². The first kappa shape index (κ1) is 25.2. The smallest absolute Gasteiger partial charge is 0.343 e. The predicted molar refractivity (Wildman–Crippen MR) is 122 cm³/mol. The van der Waals surface area contributed by atoms with Crippen LogP contribution in [-0.4, -0.2) is 51.4 Å². The molecule has 0 spiro atoms. The SMILES string of the molecule is CCOc1cc(C=NNC(=O)CCC(=O)Nc2ccc(OC)cc2)ccc1OCC(=O)OC. The summed E-state index contributed by atoms with van der Waals surface area (Å²) in [6.45, 7) is 1.96. The first-order chi connectivity index (χ1) is 15.9. The van der Waals surface area contributed by atoms with E-state index in [0.717, 1.165) is 0 Å². The number of hydrogen-bond donors (Lipinski definition) is 2. The zero-order valence-corrected chi connectivity index (χ0v) is 18.8. The first-order valence-electron chi connectivity index (χ1n) is 10.2. The van der Waals surface area contributed by atoms with Crippen LogP contribution in [0.25, 0.3) is 0 Å². The lowest BCUT2D eigenvalue weighted by atomic mass is 10.2. The van der Waals surface area contributed by atoms with E-state index in [-0.39, 0.29) is 25.4 Å². The molecular formula is C23H27N3O7. The van der Waals surface area contributed by atoms with Gasteiger partial charge in [0.2, 0.25) is 11.8 Å². The van der Waals surface area contributed by atoms with E-state index >= 15 is 0 Å². The average molecular weight is 457 g/mol. The van der Waals surface area contributed by atoms with E-state index in [4.69, 9.17) is 14.2 Å². The molecule has 0 saturated heterocycles. The number of rotatable bonds is 12. The lowest BCUT2D eigenvalue weighted by Gasteiger charge is -2.11. The van der Waals surface area contributed by atoms with Gasteiger partial charge < -0.3 is 24.3 Å². The normalized spacial score (nSPS) is 10.4. The monoisotopic (exact) mass is 457 g/mol. The first-order valence-corrected chi connectivity index (χ1v) is 10.2. The summed E-state index contributed by atoms with van der Waals surface area (Å²) in [4.78, 5) is 35.2. The lowest BCUT2D eigenvalue weighted by molar-refractivity contribution is -0.143. The maximum atomic E-state index is 12.0. The van der Waals surface area contributed by atoms with Gasteiger partial charge in [0.15, 0.2) is 18.1 Å². The van der Waals surface area contributed by atoms with Crippen molar-refractivity contribution in [2.45, 2.75) is 19.8 Å². The van der Waals surface area contributed by atoms with Crippen molar-refractivity contribution in [3.8, 4) is 17.2 Å². The molecule has 0 aliphatic heterocycles. The van der Waals surface area contributed by atoms with Gasteiger partial charge in [-0.2, -0.15) is 5.10 Å². The molecule has 0 radical (unpaired) electrons. The molecule has 2 amide bonds. The molecule has 0 heterocycles. The van der Waals surface area contributed by atoms with Crippen molar-refractivity contribution in [1.29, 1.82) is 0 Å². The van der Waals surface area contributed by atoms with Crippen LogP contribution in [0.2, 0.25) is 0 Å². The highest BCUT2D eigenvalue weighted by Crippen LogP contribution is 2.28. The second-order valence-corrected chi connectivity index (χ2v) is 6.57. The maximum Gasteiger partial charge on any atom is 0.343 e. The summed E-state index contributed by atoms with van der Waals surface area (Å²) in [6.07, 6.45) is 1.42. The van der Waals surface area contributed by atoms with Crippen LogP contribution < -0.4 is 25.0 Å². The standard InChI is InChI=1S/C23H27N3O7/c1-4-32-20-13-16(5-10-19(20)33-15-23(29)31-3)14-24-26-22(28)12-11-21(27)25-17-6-8-18(30-2)9-7-17/h5-10,13-14H,4,11-12,15H2,1-3H3,(H,25,27)(H,26,28). The third-order valence-corrected chi connectivity index (χ3v) is 4.20. The average Bonchev–Trinajstić information content (AvgIpc) is 2.82. The summed E-state index contributed by atoms with van der Waals surface area (Å²) >= 11 is 0. The Kier molecular flexibility index (Phi) is 10.2. The molecule has 0 fully saturated rings. The van der Waals surface area contributed by atoms with E-state index in [1.807, 2.05) is 6.92 Å². The number of methoxy groups -OCH3 is 2. The Hall–Kier alpha value is -4.08. The number of nitrogens with zero attached hydrogens (tertiary/aromatic N) is 1. The topological polar surface area (TPSA) is 125 Å². The minimum Gasteiger partial charge on any atom is -0.497 e. The lowest BCUT2D eigenvalue weighted by Crippen LogP contribution is -2.20. The van der Waals surface area contributed by atoms with Crippen LogP contribution in [0, 0.1) is 0 Å². The number of nitrogens with one attached hydrogen (secondary N) is 2. The molecule has 0 unspecified atom stereocenters. The van der Waals surface area contributed by atoms with Crippen LogP contribution in [0.15, 0.2) is 47.6 Å². The van der Waals surface area contributed by atoms with Gasteiger partial charge in [0, 0.05) is 18.5 Å². The van der Waals surface area contributed by atoms with Crippen LogP contribution in [0.5, 0.6) is 17.2 Å². The van der Waals surface area contributed by atoms with Gasteiger partial charge in [-0.25, -0.2) is 10.2 Å². The van der Waals surface area contributed by atoms with E-state index in [0.29, 0.717) is 35.1 Å². The molecule has 0 bridgehead atoms. The minimum absolute atomic E-state index is 0.00804. The molecule has 2 N–H and O–H groups in total. The van der Waals surface area contributed by atoms with E-state index in [1.165, 1.54) is 13.3 Å². The molecule has 176 valence electrons. The number of hydrogen-bond acceptors (Lipinski definition) is 8. The molecule has 2 aromatic carbocycles. The Bertz CT molecular complexity index is 975. The Morgan fingerprint density at radius 3 is 2.33 bits per heavy atom. The molecule has 0 saturated carbocycles. The van der Waals surface area contributed by atoms with Gasteiger partial charge in [0.1, 0.15) is 5.75 Å². The number of anilines is 1. The number of carbonyl (C=O) groups is 3. The van der Waals surface area contributed by atoms with E-state index in [2.05, 4.69) is 20.6 Å². The highest BCUT2D eigenvalue weighted by molar-refractivity contribution is 5.93. The minimum atomic E-state index is -0.511. The van der Waals surface area contributed by atoms with E-state index in [9.17, 15) is 14.4 Å². The fraction of sp³-hybridized carbons (Fsp3) is 0.304. The van der Waals surface area contributed by atoms with Crippen molar-refractivity contribution in [3.05, 3.63) is 48.0 Å². The molecule has 10 nitrogen and oxygen atoms in total. The fourth-order valence-corrected chi connectivity index (χ4v) is 2.55. The number of hydrazone groups is 1. The summed E-state index contributed by atoms with van der Waals surface area (Å²) in [7, 11) is 2.83. The summed E-state index contributed by atoms with van der Waals surface area (Å²) in [5.74, 6) is 0.283. The molecule has 0 aromatic heterocycles. The van der Waals surface area contributed by atoms with Gasteiger partial charge >= 0.3 is 5.97 Å². The Morgan fingerprint density at radius 2 is 1.67 bits per heavy atom. The van der Waals surface area contributed by atoms with Gasteiger partial charge in [-0.1, -0.05) is 0 Å². The van der Waals surface area contributed by atoms with Crippen molar-refractivity contribution in [3.63, 3.8) is 0 Å². The number of benzene rings is 2. The third kappa shape index (κ3) is 8.90. The molecular weight excluding hydrogens is 430 g/mol. The van der Waals surface area contributed by atoms with Crippen LogP contribution in [0.1, 0.15) is 25.3 Å². The fourth-order valence-electron chi connectivity index (χ4n) is 2.55. The second kappa shape index (κ2) is 13.4. The third-order valence-electron chi connectivity index (χ3n) is 4.20. The van der Waals surface area contributed by atoms with Crippen molar-refractivity contribution < 1.29 is 33.3 Å². The predicted octanol–water partition coefficient (Wildman–Crippen LogP) is 2.51. The zero-order chi connectivity index (χ0) is 24.1. The molecule has 2 aromatic rings. The highest BCUT2D eigenvalue weighted by Gasteiger charge is 2.10. The van der Waals surface area contributed by atoms with E-state index in [1.54, 1.807) is 49.6 Å². The highest BCUT2D eigenvalue weighted by atomic mass is 16.6. The summed E-state index contributed by atoms with van der Waals surface area (Å²) in [5.41, 5.74) is 3.63. The van der Waals surface area contributed by atoms with Crippen molar-refractivity contribution >= 4 is 29.7 Å². The Balaban J connectivity index is 1.82. The van der Waals surface area contributed by atoms with Crippen LogP contribution >= 0.6 is 0 Å². The van der Waals surface area contributed by atoms with Crippen LogP contribution in [-0.2, 0) is 19.1 Å². The number of esters is 1. The Labute approximate surface area is 191 Å².